The Morgan fingerprint density at radius 1 is 0.925 bits per heavy atom. The zero-order chi connectivity index (χ0) is 27.5. The molecule has 6 heteroatoms. The average molecular weight is 536 g/mol. The van der Waals surface area contributed by atoms with Gasteiger partial charge in [0.1, 0.15) is 5.75 Å². The van der Waals surface area contributed by atoms with Crippen molar-refractivity contribution >= 4 is 23.6 Å². The molecular formula is C34H37N3O3. The molecule has 2 aliphatic heterocycles. The number of fused-ring (bicyclic) bond motifs is 3. The smallest absolute Gasteiger partial charge is 0.244 e. The predicted molar refractivity (Wildman–Crippen MR) is 158 cm³/mol. The predicted octanol–water partition coefficient (Wildman–Crippen LogP) is 6.14. The molecule has 206 valence electrons. The molecule has 5 atom stereocenters. The summed E-state index contributed by atoms with van der Waals surface area (Å²) in [5.41, 5.74) is 4.49. The summed E-state index contributed by atoms with van der Waals surface area (Å²) in [5.74, 6) is 0.894. The minimum Gasteiger partial charge on any atom is -0.497 e. The zero-order valence-electron chi connectivity index (χ0n) is 23.0. The van der Waals surface area contributed by atoms with Gasteiger partial charge < -0.3 is 20.3 Å². The van der Waals surface area contributed by atoms with Crippen LogP contribution in [-0.2, 0) is 9.59 Å². The van der Waals surface area contributed by atoms with Crippen LogP contribution in [0.4, 0.5) is 5.69 Å². The van der Waals surface area contributed by atoms with Gasteiger partial charge in [-0.05, 0) is 60.2 Å². The highest BCUT2D eigenvalue weighted by molar-refractivity contribution is 5.92. The van der Waals surface area contributed by atoms with Crippen LogP contribution in [-0.4, -0.2) is 36.4 Å². The number of para-hydroxylation sites is 1. The maximum atomic E-state index is 14.3. The lowest BCUT2D eigenvalue weighted by Gasteiger charge is -2.42. The minimum atomic E-state index is -0.206. The molecule has 0 unspecified atom stereocenters. The number of likely N-dealkylation sites (tertiary alicyclic amines) is 1. The van der Waals surface area contributed by atoms with Crippen molar-refractivity contribution in [1.82, 2.24) is 10.2 Å². The number of amides is 2. The van der Waals surface area contributed by atoms with Crippen molar-refractivity contribution in [3.8, 4) is 5.75 Å². The minimum absolute atomic E-state index is 0.0309. The molecule has 3 aromatic rings. The Labute approximate surface area is 236 Å². The van der Waals surface area contributed by atoms with Crippen molar-refractivity contribution < 1.29 is 14.3 Å². The van der Waals surface area contributed by atoms with Crippen LogP contribution in [0.3, 0.4) is 0 Å². The summed E-state index contributed by atoms with van der Waals surface area (Å²) >= 11 is 0. The highest BCUT2D eigenvalue weighted by Gasteiger charge is 2.48. The van der Waals surface area contributed by atoms with Gasteiger partial charge in [0.05, 0.1) is 25.1 Å². The van der Waals surface area contributed by atoms with E-state index in [0.717, 1.165) is 55.6 Å². The highest BCUT2D eigenvalue weighted by Crippen LogP contribution is 2.51. The number of ether oxygens (including phenoxy) is 1. The van der Waals surface area contributed by atoms with Crippen LogP contribution in [0.25, 0.3) is 6.08 Å². The van der Waals surface area contributed by atoms with Crippen LogP contribution >= 0.6 is 0 Å². The third kappa shape index (κ3) is 5.23. The molecule has 0 radical (unpaired) electrons. The Balaban J connectivity index is 1.20. The number of rotatable bonds is 6. The van der Waals surface area contributed by atoms with E-state index >= 15 is 0 Å². The van der Waals surface area contributed by atoms with Gasteiger partial charge >= 0.3 is 0 Å². The average Bonchev–Trinajstić information content (AvgIpc) is 3.46. The molecule has 1 saturated carbocycles. The largest absolute Gasteiger partial charge is 0.497 e. The van der Waals surface area contributed by atoms with Gasteiger partial charge in [0.15, 0.2) is 0 Å². The summed E-state index contributed by atoms with van der Waals surface area (Å²) in [7, 11) is 1.63. The second-order valence-electron chi connectivity index (χ2n) is 11.2. The van der Waals surface area contributed by atoms with Crippen LogP contribution in [0.5, 0.6) is 5.75 Å². The van der Waals surface area contributed by atoms with Crippen LogP contribution < -0.4 is 15.4 Å². The lowest BCUT2D eigenvalue weighted by molar-refractivity contribution is -0.139. The lowest BCUT2D eigenvalue weighted by Crippen LogP contribution is -2.49. The van der Waals surface area contributed by atoms with Crippen molar-refractivity contribution in [2.45, 2.75) is 50.2 Å². The van der Waals surface area contributed by atoms with Gasteiger partial charge in [-0.2, -0.15) is 0 Å². The number of carbonyl (C=O) groups excluding carboxylic acids is 2. The maximum absolute atomic E-state index is 14.3. The molecule has 2 heterocycles. The summed E-state index contributed by atoms with van der Waals surface area (Å²) in [5, 5.41) is 6.96. The van der Waals surface area contributed by atoms with Crippen molar-refractivity contribution in [3.63, 3.8) is 0 Å². The van der Waals surface area contributed by atoms with Crippen LogP contribution in [0.1, 0.15) is 60.9 Å². The summed E-state index contributed by atoms with van der Waals surface area (Å²) < 4.78 is 5.21. The van der Waals surface area contributed by atoms with E-state index in [-0.39, 0.29) is 35.9 Å². The third-order valence-electron chi connectivity index (χ3n) is 8.86. The van der Waals surface area contributed by atoms with E-state index in [2.05, 4.69) is 64.1 Å². The standard InChI is InChI=1S/C34H37N3O3/c1-40-25-18-15-23(16-19-25)17-20-31(38)35-30-14-8-6-12-27(30)34(39)37-22-21-28-32(24-9-3-2-4-10-24)36-29-13-7-5-11-26(29)33(28)37/h2-5,7,9-11,13,15-20,27-28,30,32-33,36H,6,8,12,14,21-22H2,1H3,(H,35,38)/b20-17+/t27-,28-,30+,32-,33-/m0/s1. The van der Waals surface area contributed by atoms with E-state index in [9.17, 15) is 9.59 Å². The number of anilines is 1. The van der Waals surface area contributed by atoms with Crippen LogP contribution in [0, 0.1) is 11.8 Å². The summed E-state index contributed by atoms with van der Waals surface area (Å²) in [6.07, 6.45) is 7.98. The Morgan fingerprint density at radius 3 is 2.48 bits per heavy atom. The van der Waals surface area contributed by atoms with Crippen molar-refractivity contribution in [2.24, 2.45) is 11.8 Å². The first kappa shape index (κ1) is 26.2. The molecule has 2 N–H and O–H groups in total. The molecular weight excluding hydrogens is 498 g/mol. The quantitative estimate of drug-likeness (QED) is 0.372. The van der Waals surface area contributed by atoms with Gasteiger partial charge in [0.25, 0.3) is 0 Å². The van der Waals surface area contributed by atoms with E-state index in [4.69, 9.17) is 4.74 Å². The molecule has 6 nitrogen and oxygen atoms in total. The summed E-state index contributed by atoms with van der Waals surface area (Å²) in [6.45, 7) is 0.738. The summed E-state index contributed by atoms with van der Waals surface area (Å²) in [4.78, 5) is 29.3. The third-order valence-corrected chi connectivity index (χ3v) is 8.86. The fourth-order valence-electron chi connectivity index (χ4n) is 6.89. The van der Waals surface area contributed by atoms with E-state index < -0.39 is 0 Å². The van der Waals surface area contributed by atoms with E-state index in [0.29, 0.717) is 5.92 Å². The van der Waals surface area contributed by atoms with E-state index in [1.165, 1.54) is 11.1 Å². The van der Waals surface area contributed by atoms with Crippen LogP contribution in [0.15, 0.2) is 84.9 Å². The van der Waals surface area contributed by atoms with Gasteiger partial charge in [0.2, 0.25) is 11.8 Å². The van der Waals surface area contributed by atoms with Gasteiger partial charge in [-0.25, -0.2) is 0 Å². The molecule has 2 fully saturated rings. The maximum Gasteiger partial charge on any atom is 0.244 e. The number of hydrogen-bond acceptors (Lipinski definition) is 4. The Bertz CT molecular complexity index is 1370. The lowest BCUT2D eigenvalue weighted by atomic mass is 9.79. The van der Waals surface area contributed by atoms with E-state index in [1.54, 1.807) is 19.3 Å². The molecule has 0 aromatic heterocycles. The number of nitrogens with zero attached hydrogens (tertiary/aromatic N) is 1. The van der Waals surface area contributed by atoms with E-state index in [1.807, 2.05) is 30.3 Å². The number of carbonyl (C=O) groups is 2. The molecule has 1 aliphatic carbocycles. The first-order valence-electron chi connectivity index (χ1n) is 14.5. The molecule has 2 amide bonds. The van der Waals surface area contributed by atoms with Crippen LogP contribution in [0.2, 0.25) is 0 Å². The summed E-state index contributed by atoms with van der Waals surface area (Å²) in [6, 6.07) is 26.6. The Kier molecular flexibility index (Phi) is 7.58. The first-order valence-corrected chi connectivity index (χ1v) is 14.5. The van der Waals surface area contributed by atoms with Gasteiger partial charge in [-0.1, -0.05) is 73.5 Å². The Hall–Kier alpha value is -4.06. The van der Waals surface area contributed by atoms with Crippen molar-refractivity contribution in [1.29, 1.82) is 0 Å². The SMILES string of the molecule is COc1ccc(/C=C/C(=O)N[C@@H]2CCCC[C@@H]2C(=O)N2CC[C@H]3[C@H](c4ccccc4)Nc4ccccc4[C@@H]32)cc1. The monoisotopic (exact) mass is 535 g/mol. The molecule has 3 aromatic carbocycles. The fourth-order valence-corrected chi connectivity index (χ4v) is 6.89. The molecule has 3 aliphatic rings. The second-order valence-corrected chi connectivity index (χ2v) is 11.2. The molecule has 40 heavy (non-hydrogen) atoms. The van der Waals surface area contributed by atoms with Gasteiger partial charge in [-0.3, -0.25) is 9.59 Å². The number of hydrogen-bond donors (Lipinski definition) is 2. The zero-order valence-corrected chi connectivity index (χ0v) is 23.0. The molecule has 0 spiro atoms. The molecule has 0 bridgehead atoms. The van der Waals surface area contributed by atoms with Crippen molar-refractivity contribution in [3.05, 3.63) is 102 Å². The normalized spacial score (nSPS) is 25.5. The van der Waals surface area contributed by atoms with Gasteiger partial charge in [-0.15, -0.1) is 0 Å². The van der Waals surface area contributed by atoms with Gasteiger partial charge in [0, 0.05) is 30.3 Å². The molecule has 1 saturated heterocycles. The number of benzene rings is 3. The Morgan fingerprint density at radius 2 is 1.68 bits per heavy atom. The number of methoxy groups -OCH3 is 1. The fraction of sp³-hybridized carbons (Fsp3) is 0.353. The topological polar surface area (TPSA) is 70.7 Å². The second kappa shape index (κ2) is 11.6. The molecule has 6 rings (SSSR count). The van der Waals surface area contributed by atoms with Crippen molar-refractivity contribution in [2.75, 3.05) is 19.0 Å². The highest BCUT2D eigenvalue weighted by atomic mass is 16.5. The number of nitrogens with one attached hydrogen (secondary N) is 2. The first-order chi connectivity index (χ1) is 19.6.